The molecule has 0 bridgehead atoms. The van der Waals surface area contributed by atoms with Crippen LogP contribution in [0.4, 0.5) is 18.9 Å². The summed E-state index contributed by atoms with van der Waals surface area (Å²) in [6.07, 6.45) is -4.64. The summed E-state index contributed by atoms with van der Waals surface area (Å²) < 4.78 is 39.3. The van der Waals surface area contributed by atoms with Crippen LogP contribution < -0.4 is 4.74 Å². The number of halogens is 3. The van der Waals surface area contributed by atoms with Crippen molar-refractivity contribution in [3.8, 4) is 5.75 Å². The van der Waals surface area contributed by atoms with Gasteiger partial charge in [-0.2, -0.15) is 0 Å². The summed E-state index contributed by atoms with van der Waals surface area (Å²) in [5.74, 6) is 0.196. The lowest BCUT2D eigenvalue weighted by molar-refractivity contribution is -0.274. The Morgan fingerprint density at radius 1 is 1.19 bits per heavy atom. The smallest absolute Gasteiger partial charge is 0.573 e. The molecule has 0 spiro atoms. The van der Waals surface area contributed by atoms with Gasteiger partial charge in [-0.25, -0.2) is 0 Å². The molecule has 0 amide bonds. The Kier molecular flexibility index (Phi) is 4.04. The predicted octanol–water partition coefficient (Wildman–Crippen LogP) is 4.25. The molecule has 0 saturated carbocycles. The number of benzene rings is 1. The third-order valence-electron chi connectivity index (χ3n) is 1.71. The minimum absolute atomic E-state index is 0.226. The standard InChI is InChI=1S/C11H13F3NO/c1-8(2)7-15-9-3-5-10(6-4-9)16-11(12,13)14/h3-6,8H,7H2,1-2H3/q-1. The fourth-order valence-corrected chi connectivity index (χ4v) is 1.04. The van der Waals surface area contributed by atoms with E-state index in [1.54, 1.807) is 0 Å². The van der Waals surface area contributed by atoms with Gasteiger partial charge >= 0.3 is 6.36 Å². The molecular formula is C11H13F3NO-. The molecule has 0 aromatic heterocycles. The van der Waals surface area contributed by atoms with Crippen molar-refractivity contribution >= 4 is 5.69 Å². The first-order valence-corrected chi connectivity index (χ1v) is 4.90. The maximum Gasteiger partial charge on any atom is 0.573 e. The Labute approximate surface area is 92.4 Å². The molecule has 0 fully saturated rings. The molecule has 0 heterocycles. The fraction of sp³-hybridized carbons (Fsp3) is 0.455. The highest BCUT2D eigenvalue weighted by Gasteiger charge is 2.30. The zero-order valence-corrected chi connectivity index (χ0v) is 9.08. The highest BCUT2D eigenvalue weighted by molar-refractivity contribution is 5.50. The van der Waals surface area contributed by atoms with E-state index in [-0.39, 0.29) is 5.75 Å². The number of hydrogen-bond acceptors (Lipinski definition) is 1. The lowest BCUT2D eigenvalue weighted by Gasteiger charge is -2.23. The van der Waals surface area contributed by atoms with Gasteiger partial charge in [-0.15, -0.1) is 25.4 Å². The van der Waals surface area contributed by atoms with E-state index in [1.165, 1.54) is 24.3 Å². The molecule has 0 aliphatic carbocycles. The molecule has 16 heavy (non-hydrogen) atoms. The van der Waals surface area contributed by atoms with Crippen LogP contribution in [0.5, 0.6) is 5.75 Å². The Bertz CT molecular complexity index is 319. The quantitative estimate of drug-likeness (QED) is 0.761. The number of nitrogens with zero attached hydrogens (tertiary/aromatic N) is 1. The van der Waals surface area contributed by atoms with Crippen molar-refractivity contribution in [2.24, 2.45) is 5.92 Å². The van der Waals surface area contributed by atoms with Crippen LogP contribution in [0.15, 0.2) is 24.3 Å². The molecule has 0 N–H and O–H groups in total. The van der Waals surface area contributed by atoms with Gasteiger partial charge < -0.3 is 10.1 Å². The van der Waals surface area contributed by atoms with Crippen LogP contribution in [0.3, 0.4) is 0 Å². The Hall–Kier alpha value is -1.39. The lowest BCUT2D eigenvalue weighted by atomic mass is 10.2. The molecule has 0 aliphatic rings. The first-order chi connectivity index (χ1) is 7.37. The second-order valence-corrected chi connectivity index (χ2v) is 3.78. The van der Waals surface area contributed by atoms with Crippen molar-refractivity contribution < 1.29 is 17.9 Å². The van der Waals surface area contributed by atoms with E-state index in [1.807, 2.05) is 13.8 Å². The van der Waals surface area contributed by atoms with Gasteiger partial charge in [0.25, 0.3) is 0 Å². The molecular weight excluding hydrogens is 219 g/mol. The Morgan fingerprint density at radius 3 is 2.19 bits per heavy atom. The zero-order chi connectivity index (χ0) is 12.2. The minimum Gasteiger partial charge on any atom is -0.684 e. The molecule has 5 heteroatoms. The molecule has 0 radical (unpaired) electrons. The van der Waals surface area contributed by atoms with Gasteiger partial charge in [-0.1, -0.05) is 31.9 Å². The van der Waals surface area contributed by atoms with E-state index in [0.29, 0.717) is 18.2 Å². The summed E-state index contributed by atoms with van der Waals surface area (Å²) in [7, 11) is 0. The summed E-state index contributed by atoms with van der Waals surface area (Å²) in [5, 5.41) is 4.21. The minimum atomic E-state index is -4.64. The molecule has 0 unspecified atom stereocenters. The summed E-state index contributed by atoms with van der Waals surface area (Å²) >= 11 is 0. The second-order valence-electron chi connectivity index (χ2n) is 3.78. The van der Waals surface area contributed by atoms with E-state index in [9.17, 15) is 13.2 Å². The second kappa shape index (κ2) is 5.09. The molecule has 0 aliphatic heterocycles. The maximum absolute atomic E-state index is 11.9. The molecule has 0 atom stereocenters. The summed E-state index contributed by atoms with van der Waals surface area (Å²) in [4.78, 5) is 0. The summed E-state index contributed by atoms with van der Waals surface area (Å²) in [6, 6.07) is 5.52. The van der Waals surface area contributed by atoms with Crippen LogP contribution in [0.2, 0.25) is 0 Å². The maximum atomic E-state index is 11.9. The van der Waals surface area contributed by atoms with E-state index in [0.717, 1.165) is 0 Å². The molecule has 90 valence electrons. The van der Waals surface area contributed by atoms with Crippen LogP contribution in [-0.2, 0) is 0 Å². The molecule has 1 aromatic carbocycles. The van der Waals surface area contributed by atoms with Crippen LogP contribution in [-0.4, -0.2) is 12.9 Å². The summed E-state index contributed by atoms with van der Waals surface area (Å²) in [5.41, 5.74) is 0.656. The van der Waals surface area contributed by atoms with Gasteiger partial charge in [0.05, 0.1) is 0 Å². The van der Waals surface area contributed by atoms with Crippen molar-refractivity contribution in [2.45, 2.75) is 20.2 Å². The van der Waals surface area contributed by atoms with Gasteiger partial charge in [0.15, 0.2) is 0 Å². The van der Waals surface area contributed by atoms with E-state index >= 15 is 0 Å². The number of alkyl halides is 3. The van der Waals surface area contributed by atoms with Crippen molar-refractivity contribution in [3.05, 3.63) is 29.6 Å². The SMILES string of the molecule is CC(C)C[N-]c1ccc(OC(F)(F)F)cc1. The van der Waals surface area contributed by atoms with E-state index < -0.39 is 6.36 Å². The third kappa shape index (κ3) is 4.91. The van der Waals surface area contributed by atoms with Gasteiger partial charge in [0.2, 0.25) is 0 Å². The highest BCUT2D eigenvalue weighted by atomic mass is 19.4. The van der Waals surface area contributed by atoms with Crippen molar-refractivity contribution in [3.63, 3.8) is 0 Å². The Morgan fingerprint density at radius 2 is 1.75 bits per heavy atom. The Balaban J connectivity index is 2.54. The van der Waals surface area contributed by atoms with Gasteiger partial charge in [0.1, 0.15) is 5.75 Å². The van der Waals surface area contributed by atoms with E-state index in [2.05, 4.69) is 10.1 Å². The first kappa shape index (κ1) is 12.7. The largest absolute Gasteiger partial charge is 0.684 e. The molecule has 1 aromatic rings. The van der Waals surface area contributed by atoms with Crippen molar-refractivity contribution in [2.75, 3.05) is 6.54 Å². The van der Waals surface area contributed by atoms with Crippen molar-refractivity contribution in [1.29, 1.82) is 0 Å². The van der Waals surface area contributed by atoms with Crippen LogP contribution in [0.25, 0.3) is 5.32 Å². The number of ether oxygens (including phenoxy) is 1. The molecule has 2 nitrogen and oxygen atoms in total. The van der Waals surface area contributed by atoms with Gasteiger partial charge in [-0.3, -0.25) is 0 Å². The average Bonchev–Trinajstić information content (AvgIpc) is 2.14. The van der Waals surface area contributed by atoms with Gasteiger partial charge in [-0.05, 0) is 12.1 Å². The molecule has 0 saturated heterocycles. The van der Waals surface area contributed by atoms with Crippen LogP contribution in [0.1, 0.15) is 13.8 Å². The highest BCUT2D eigenvalue weighted by Crippen LogP contribution is 2.26. The first-order valence-electron chi connectivity index (χ1n) is 4.90. The number of rotatable bonds is 4. The van der Waals surface area contributed by atoms with Crippen LogP contribution >= 0.6 is 0 Å². The zero-order valence-electron chi connectivity index (χ0n) is 9.08. The topological polar surface area (TPSA) is 23.3 Å². The number of hydrogen-bond donors (Lipinski definition) is 0. The van der Waals surface area contributed by atoms with Crippen LogP contribution in [0, 0.1) is 5.92 Å². The predicted molar refractivity (Wildman–Crippen MR) is 55.8 cm³/mol. The monoisotopic (exact) mass is 232 g/mol. The van der Waals surface area contributed by atoms with E-state index in [4.69, 9.17) is 0 Å². The molecule has 1 rings (SSSR count). The average molecular weight is 232 g/mol. The van der Waals surface area contributed by atoms with Crippen molar-refractivity contribution in [1.82, 2.24) is 0 Å². The van der Waals surface area contributed by atoms with Gasteiger partial charge in [0, 0.05) is 0 Å². The normalized spacial score (nSPS) is 11.6. The lowest BCUT2D eigenvalue weighted by Crippen LogP contribution is -2.16. The summed E-state index contributed by atoms with van der Waals surface area (Å²) in [6.45, 7) is 4.69. The third-order valence-corrected chi connectivity index (χ3v) is 1.71. The fourth-order valence-electron chi connectivity index (χ4n) is 1.04.